The third-order valence-electron chi connectivity index (χ3n) is 4.88. The van der Waals surface area contributed by atoms with Crippen molar-refractivity contribution in [2.75, 3.05) is 41.3 Å². The molecule has 0 spiro atoms. The fourth-order valence-electron chi connectivity index (χ4n) is 3.42. The zero-order valence-electron chi connectivity index (χ0n) is 15.7. The maximum atomic E-state index is 4.72. The molecule has 0 radical (unpaired) electrons. The number of nitrogens with one attached hydrogen (secondary N) is 1. The minimum absolute atomic E-state index is 0.764. The average Bonchev–Trinajstić information content (AvgIpc) is 2.73. The quantitative estimate of drug-likeness (QED) is 0.752. The Morgan fingerprint density at radius 3 is 2.44 bits per heavy atom. The van der Waals surface area contributed by atoms with Crippen LogP contribution in [0.25, 0.3) is 0 Å². The molecule has 27 heavy (non-hydrogen) atoms. The van der Waals surface area contributed by atoms with Crippen molar-refractivity contribution in [1.82, 2.24) is 9.97 Å². The van der Waals surface area contributed by atoms with Crippen molar-refractivity contribution in [2.24, 2.45) is 0 Å². The summed E-state index contributed by atoms with van der Waals surface area (Å²) in [5, 5.41) is 3.41. The second-order valence-corrected chi connectivity index (χ2v) is 6.89. The predicted octanol–water partition coefficient (Wildman–Crippen LogP) is 3.72. The van der Waals surface area contributed by atoms with Crippen molar-refractivity contribution in [3.8, 4) is 0 Å². The molecule has 1 aliphatic heterocycles. The Labute approximate surface area is 160 Å². The number of hydrogen-bond donors (Lipinski definition) is 1. The smallest absolute Gasteiger partial charge is 0.227 e. The molecule has 1 N–H and O–H groups in total. The van der Waals surface area contributed by atoms with Gasteiger partial charge in [-0.25, -0.2) is 4.98 Å². The van der Waals surface area contributed by atoms with E-state index in [1.807, 2.05) is 12.3 Å². The molecule has 1 aromatic heterocycles. The van der Waals surface area contributed by atoms with E-state index in [0.29, 0.717) is 0 Å². The van der Waals surface area contributed by atoms with Crippen molar-refractivity contribution in [2.45, 2.75) is 13.5 Å². The summed E-state index contributed by atoms with van der Waals surface area (Å²) in [6.45, 7) is 6.69. The van der Waals surface area contributed by atoms with Gasteiger partial charge in [0, 0.05) is 44.6 Å². The molecular weight excluding hydrogens is 334 g/mol. The van der Waals surface area contributed by atoms with Crippen LogP contribution in [0.3, 0.4) is 0 Å². The van der Waals surface area contributed by atoms with Crippen molar-refractivity contribution in [3.63, 3.8) is 0 Å². The Morgan fingerprint density at radius 1 is 0.889 bits per heavy atom. The van der Waals surface area contributed by atoms with Crippen molar-refractivity contribution in [1.29, 1.82) is 0 Å². The molecule has 5 heteroatoms. The number of para-hydroxylation sites is 1. The number of aryl methyl sites for hydroxylation is 1. The van der Waals surface area contributed by atoms with Gasteiger partial charge in [0.25, 0.3) is 0 Å². The van der Waals surface area contributed by atoms with Crippen LogP contribution in [-0.2, 0) is 6.54 Å². The lowest BCUT2D eigenvalue weighted by atomic mass is 10.1. The summed E-state index contributed by atoms with van der Waals surface area (Å²) in [6, 6.07) is 21.0. The Hall–Kier alpha value is -3.08. The van der Waals surface area contributed by atoms with Gasteiger partial charge in [-0.05, 0) is 30.7 Å². The molecule has 0 atom stereocenters. The Morgan fingerprint density at radius 2 is 1.67 bits per heavy atom. The summed E-state index contributed by atoms with van der Waals surface area (Å²) in [5.74, 6) is 1.67. The van der Waals surface area contributed by atoms with E-state index >= 15 is 0 Å². The molecule has 138 valence electrons. The highest BCUT2D eigenvalue weighted by atomic mass is 15.3. The molecule has 0 amide bonds. The van der Waals surface area contributed by atoms with Crippen LogP contribution in [-0.4, -0.2) is 36.1 Å². The third kappa shape index (κ3) is 4.37. The van der Waals surface area contributed by atoms with E-state index in [-0.39, 0.29) is 0 Å². The fraction of sp³-hybridized carbons (Fsp3) is 0.273. The molecule has 2 heterocycles. The van der Waals surface area contributed by atoms with Crippen molar-refractivity contribution in [3.05, 3.63) is 78.0 Å². The maximum absolute atomic E-state index is 4.72. The Bertz CT molecular complexity index is 873. The van der Waals surface area contributed by atoms with Crippen LogP contribution in [0, 0.1) is 6.92 Å². The standard InChI is InChI=1S/C22H25N5/c1-18-6-5-7-19(16-18)17-24-21-10-11-23-22(25-21)27-14-12-26(13-15-27)20-8-3-2-4-9-20/h2-11,16H,12-15,17H2,1H3,(H,23,24,25). The Balaban J connectivity index is 1.37. The van der Waals surface area contributed by atoms with Gasteiger partial charge in [0.15, 0.2) is 0 Å². The molecule has 5 nitrogen and oxygen atoms in total. The van der Waals surface area contributed by atoms with Gasteiger partial charge in [-0.2, -0.15) is 4.98 Å². The van der Waals surface area contributed by atoms with E-state index in [4.69, 9.17) is 4.98 Å². The molecule has 1 fully saturated rings. The van der Waals surface area contributed by atoms with E-state index in [1.165, 1.54) is 16.8 Å². The van der Waals surface area contributed by atoms with Gasteiger partial charge < -0.3 is 15.1 Å². The normalized spacial score (nSPS) is 14.3. The molecule has 0 bridgehead atoms. The Kier molecular flexibility index (Phi) is 5.19. The van der Waals surface area contributed by atoms with E-state index in [2.05, 4.69) is 81.6 Å². The van der Waals surface area contributed by atoms with Crippen LogP contribution in [0.15, 0.2) is 66.9 Å². The first kappa shape index (κ1) is 17.3. The largest absolute Gasteiger partial charge is 0.368 e. The lowest BCUT2D eigenvalue weighted by Crippen LogP contribution is -2.47. The molecule has 3 aromatic rings. The topological polar surface area (TPSA) is 44.3 Å². The zero-order chi connectivity index (χ0) is 18.5. The molecule has 4 rings (SSSR count). The minimum atomic E-state index is 0.764. The summed E-state index contributed by atoms with van der Waals surface area (Å²) >= 11 is 0. The number of nitrogens with zero attached hydrogens (tertiary/aromatic N) is 4. The second kappa shape index (κ2) is 8.08. The highest BCUT2D eigenvalue weighted by molar-refractivity contribution is 5.49. The summed E-state index contributed by atoms with van der Waals surface area (Å²) in [5.41, 5.74) is 3.81. The first-order valence-electron chi connectivity index (χ1n) is 9.45. The second-order valence-electron chi connectivity index (χ2n) is 6.89. The van der Waals surface area contributed by atoms with Gasteiger partial charge in [0.2, 0.25) is 5.95 Å². The lowest BCUT2D eigenvalue weighted by molar-refractivity contribution is 0.640. The molecule has 0 saturated carbocycles. The SMILES string of the molecule is Cc1cccc(CNc2ccnc(N3CCN(c4ccccc4)CC3)n2)c1. The van der Waals surface area contributed by atoms with E-state index in [9.17, 15) is 0 Å². The number of anilines is 3. The number of aromatic nitrogens is 2. The van der Waals surface area contributed by atoms with Gasteiger partial charge in [0.1, 0.15) is 5.82 Å². The first-order valence-corrected chi connectivity index (χ1v) is 9.45. The number of hydrogen-bond acceptors (Lipinski definition) is 5. The van der Waals surface area contributed by atoms with Crippen LogP contribution in [0.2, 0.25) is 0 Å². The van der Waals surface area contributed by atoms with Crippen molar-refractivity contribution >= 4 is 17.5 Å². The first-order chi connectivity index (χ1) is 13.3. The lowest BCUT2D eigenvalue weighted by Gasteiger charge is -2.36. The third-order valence-corrected chi connectivity index (χ3v) is 4.88. The van der Waals surface area contributed by atoms with E-state index in [0.717, 1.165) is 44.5 Å². The highest BCUT2D eigenvalue weighted by Crippen LogP contribution is 2.19. The predicted molar refractivity (Wildman–Crippen MR) is 111 cm³/mol. The molecule has 1 aliphatic rings. The van der Waals surface area contributed by atoms with Gasteiger partial charge in [-0.3, -0.25) is 0 Å². The van der Waals surface area contributed by atoms with Crippen LogP contribution in [0.5, 0.6) is 0 Å². The number of rotatable bonds is 5. The number of piperazine rings is 1. The maximum Gasteiger partial charge on any atom is 0.227 e. The summed E-state index contributed by atoms with van der Waals surface area (Å²) in [4.78, 5) is 13.9. The molecular formula is C22H25N5. The van der Waals surface area contributed by atoms with Crippen LogP contribution in [0.4, 0.5) is 17.5 Å². The summed E-state index contributed by atoms with van der Waals surface area (Å²) in [7, 11) is 0. The summed E-state index contributed by atoms with van der Waals surface area (Å²) in [6.07, 6.45) is 1.84. The average molecular weight is 359 g/mol. The van der Waals surface area contributed by atoms with Gasteiger partial charge in [-0.15, -0.1) is 0 Å². The van der Waals surface area contributed by atoms with E-state index in [1.54, 1.807) is 0 Å². The van der Waals surface area contributed by atoms with Gasteiger partial charge in [-0.1, -0.05) is 48.0 Å². The van der Waals surface area contributed by atoms with Crippen LogP contribution in [0.1, 0.15) is 11.1 Å². The number of benzene rings is 2. The molecule has 2 aromatic carbocycles. The van der Waals surface area contributed by atoms with Gasteiger partial charge in [0.05, 0.1) is 0 Å². The highest BCUT2D eigenvalue weighted by Gasteiger charge is 2.19. The minimum Gasteiger partial charge on any atom is -0.368 e. The van der Waals surface area contributed by atoms with Crippen LogP contribution < -0.4 is 15.1 Å². The van der Waals surface area contributed by atoms with Crippen molar-refractivity contribution < 1.29 is 0 Å². The molecule has 1 saturated heterocycles. The zero-order valence-corrected chi connectivity index (χ0v) is 15.7. The van der Waals surface area contributed by atoms with E-state index < -0.39 is 0 Å². The van der Waals surface area contributed by atoms with Gasteiger partial charge >= 0.3 is 0 Å². The monoisotopic (exact) mass is 359 g/mol. The fourth-order valence-corrected chi connectivity index (χ4v) is 3.42. The molecule has 0 unspecified atom stereocenters. The summed E-state index contributed by atoms with van der Waals surface area (Å²) < 4.78 is 0. The van der Waals surface area contributed by atoms with Crippen LogP contribution >= 0.6 is 0 Å². The molecule has 0 aliphatic carbocycles.